The molecule has 0 bridgehead atoms. The van der Waals surface area contributed by atoms with E-state index in [0.717, 1.165) is 38.8 Å². The summed E-state index contributed by atoms with van der Waals surface area (Å²) in [6, 6.07) is 23.7. The molecule has 0 heterocycles. The first-order chi connectivity index (χ1) is 17.4. The van der Waals surface area contributed by atoms with E-state index >= 15 is 0 Å². The third kappa shape index (κ3) is 9.07. The highest BCUT2D eigenvalue weighted by Crippen LogP contribution is 2.22. The molecule has 0 atom stereocenters. The molecule has 0 aliphatic heterocycles. The van der Waals surface area contributed by atoms with Crippen LogP contribution in [0, 0.1) is 0 Å². The predicted molar refractivity (Wildman–Crippen MR) is 154 cm³/mol. The van der Waals surface area contributed by atoms with Crippen molar-refractivity contribution in [3.05, 3.63) is 102 Å². The minimum atomic E-state index is -0.347. The molecule has 0 aliphatic carbocycles. The fourth-order valence-corrected chi connectivity index (χ4v) is 3.47. The van der Waals surface area contributed by atoms with E-state index in [1.165, 1.54) is 0 Å². The van der Waals surface area contributed by atoms with Crippen LogP contribution in [0.2, 0.25) is 0 Å². The lowest BCUT2D eigenvalue weighted by Crippen LogP contribution is -2.34. The second-order valence-corrected chi connectivity index (χ2v) is 8.65. The molecule has 0 saturated heterocycles. The maximum atomic E-state index is 12.8. The summed E-state index contributed by atoms with van der Waals surface area (Å²) >= 11 is 4.38. The third-order valence-electron chi connectivity index (χ3n) is 5.25. The van der Waals surface area contributed by atoms with Crippen molar-refractivity contribution < 1.29 is 9.59 Å². The molecule has 0 unspecified atom stereocenters. The molecule has 0 spiro atoms. The van der Waals surface area contributed by atoms with Crippen molar-refractivity contribution in [3.63, 3.8) is 0 Å². The summed E-state index contributed by atoms with van der Waals surface area (Å²) in [5, 5.41) is 9.10. The van der Waals surface area contributed by atoms with Crippen molar-refractivity contribution in [2.24, 2.45) is 5.10 Å². The Kier molecular flexibility index (Phi) is 12.0. The second kappa shape index (κ2) is 15.2. The second-order valence-electron chi connectivity index (χ2n) is 7.98. The lowest BCUT2D eigenvalue weighted by molar-refractivity contribution is -0.121. The minimum Gasteiger partial charge on any atom is -0.376 e. The number of hydrazone groups is 1. The fraction of sp³-hybridized carbons (Fsp3) is 0.207. The van der Waals surface area contributed by atoms with Gasteiger partial charge in [0, 0.05) is 23.3 Å². The van der Waals surface area contributed by atoms with Crippen LogP contribution in [0.3, 0.4) is 0 Å². The zero-order valence-corrected chi connectivity index (χ0v) is 22.0. The van der Waals surface area contributed by atoms with Crippen LogP contribution in [0.1, 0.15) is 26.3 Å². The fourth-order valence-electron chi connectivity index (χ4n) is 3.35. The molecule has 0 aromatic heterocycles. The number of carbonyl (C=O) groups is 2. The van der Waals surface area contributed by atoms with Crippen LogP contribution in [0.25, 0.3) is 10.8 Å². The van der Waals surface area contributed by atoms with Crippen molar-refractivity contribution in [3.8, 4) is 0 Å². The molecule has 3 aromatic carbocycles. The van der Waals surface area contributed by atoms with Crippen LogP contribution in [0.4, 0.5) is 5.69 Å². The smallest absolute Gasteiger partial charge is 0.270 e. The van der Waals surface area contributed by atoms with E-state index in [2.05, 4.69) is 35.1 Å². The van der Waals surface area contributed by atoms with Gasteiger partial charge in [-0.1, -0.05) is 72.8 Å². The van der Waals surface area contributed by atoms with Gasteiger partial charge in [-0.25, -0.2) is 5.43 Å². The number of rotatable bonds is 9. The van der Waals surface area contributed by atoms with Crippen LogP contribution < -0.4 is 10.7 Å². The Hall–Kier alpha value is -3.84. The Morgan fingerprint density at radius 3 is 2.33 bits per heavy atom. The van der Waals surface area contributed by atoms with Gasteiger partial charge in [0.2, 0.25) is 0 Å². The Bertz CT molecular complexity index is 1210. The van der Waals surface area contributed by atoms with Gasteiger partial charge in [0.25, 0.3) is 11.8 Å². The topological polar surface area (TPSA) is 73.8 Å². The van der Waals surface area contributed by atoms with Crippen molar-refractivity contribution in [1.29, 1.82) is 0 Å². The Labute approximate surface area is 219 Å². The number of fused-ring (bicyclic) bond motifs is 1. The first kappa shape index (κ1) is 28.4. The molecule has 0 fully saturated rings. The minimum absolute atomic E-state index is 0.0337. The van der Waals surface area contributed by atoms with Gasteiger partial charge in [0.1, 0.15) is 6.21 Å². The molecule has 0 radical (unpaired) electrons. The summed E-state index contributed by atoms with van der Waals surface area (Å²) in [5.74, 6) is -0.667. The van der Waals surface area contributed by atoms with Gasteiger partial charge in [0.15, 0.2) is 0 Å². The van der Waals surface area contributed by atoms with Gasteiger partial charge in [-0.2, -0.15) is 5.10 Å². The average molecular weight is 503 g/mol. The number of carbonyl (C=O) groups excluding carboxylic acids is 2. The summed E-state index contributed by atoms with van der Waals surface area (Å²) in [5.41, 5.74) is 5.15. The molecule has 188 valence electrons. The largest absolute Gasteiger partial charge is 0.376 e. The van der Waals surface area contributed by atoms with Crippen molar-refractivity contribution in [2.75, 3.05) is 18.4 Å². The lowest BCUT2D eigenvalue weighted by Gasteiger charge is -2.22. The zero-order valence-electron chi connectivity index (χ0n) is 21.1. The third-order valence-corrected chi connectivity index (χ3v) is 5.58. The van der Waals surface area contributed by atoms with Crippen LogP contribution in [0.5, 0.6) is 0 Å². The number of thiol groups is 1. The number of nitrogens with one attached hydrogen (secondary N) is 2. The first-order valence-corrected chi connectivity index (χ1v) is 12.1. The van der Waals surface area contributed by atoms with E-state index in [-0.39, 0.29) is 18.4 Å². The summed E-state index contributed by atoms with van der Waals surface area (Å²) in [6.45, 7) is 9.44. The highest BCUT2D eigenvalue weighted by atomic mass is 32.1. The zero-order chi connectivity index (χ0) is 26.3. The van der Waals surface area contributed by atoms with Gasteiger partial charge in [0.05, 0.1) is 6.54 Å². The molecule has 36 heavy (non-hydrogen) atoms. The summed E-state index contributed by atoms with van der Waals surface area (Å²) < 4.78 is 0. The maximum Gasteiger partial charge on any atom is 0.270 e. The summed E-state index contributed by atoms with van der Waals surface area (Å²) in [7, 11) is 0. The molecular weight excluding hydrogens is 468 g/mol. The van der Waals surface area contributed by atoms with Crippen LogP contribution in [-0.4, -0.2) is 36.0 Å². The molecule has 0 saturated carbocycles. The number of hydrogen-bond donors (Lipinski definition) is 3. The van der Waals surface area contributed by atoms with Crippen molar-refractivity contribution in [1.82, 2.24) is 10.3 Å². The van der Waals surface area contributed by atoms with Crippen LogP contribution >= 0.6 is 12.6 Å². The lowest BCUT2D eigenvalue weighted by atomic mass is 10.1. The summed E-state index contributed by atoms with van der Waals surface area (Å²) in [4.78, 5) is 27.3. The van der Waals surface area contributed by atoms with E-state index in [9.17, 15) is 9.59 Å². The van der Waals surface area contributed by atoms with Gasteiger partial charge in [-0.05, 0) is 49.1 Å². The maximum absolute atomic E-state index is 12.8. The van der Waals surface area contributed by atoms with Crippen molar-refractivity contribution in [2.45, 2.75) is 27.2 Å². The molecule has 3 aromatic rings. The number of nitrogens with zero attached hydrogens (tertiary/aromatic N) is 2. The summed E-state index contributed by atoms with van der Waals surface area (Å²) in [6.07, 6.45) is 3.57. The molecule has 2 amide bonds. The number of amides is 2. The molecule has 6 nitrogen and oxygen atoms in total. The van der Waals surface area contributed by atoms with Crippen LogP contribution in [0.15, 0.2) is 101 Å². The average Bonchev–Trinajstić information content (AvgIpc) is 2.88. The number of allylic oxidation sites excluding steroid dienone is 3. The van der Waals surface area contributed by atoms with Gasteiger partial charge in [-0.3, -0.25) is 9.59 Å². The predicted octanol–water partition coefficient (Wildman–Crippen LogP) is 5.80. The Balaban J connectivity index is 0.00000145. The molecule has 3 rings (SSSR count). The Morgan fingerprint density at radius 1 is 1.00 bits per heavy atom. The quantitative estimate of drug-likeness (QED) is 0.150. The normalized spacial score (nSPS) is 11.2. The molecule has 2 N–H and O–H groups in total. The standard InChI is InChI=1S/C26H28N4O2S.C3H6/c1-19(20(2)33)30(16-15-21-9-4-3-5-10-21)26(32)18-28-29-25(31)17-27-24-14-8-12-22-11-6-7-13-23(22)24;1-3-2/h3-14,18,27,33H,15-17H2,1-2H3,(H,29,31);3H,1H2,2H3/b20-19+,28-18-;. The highest BCUT2D eigenvalue weighted by molar-refractivity contribution is 7.84. The van der Waals surface area contributed by atoms with E-state index in [1.54, 1.807) is 11.0 Å². The van der Waals surface area contributed by atoms with Crippen molar-refractivity contribution >= 4 is 47.1 Å². The molecular formula is C29H34N4O2S. The Morgan fingerprint density at radius 2 is 1.64 bits per heavy atom. The molecule has 7 heteroatoms. The number of hydrogen-bond acceptors (Lipinski definition) is 5. The number of benzene rings is 3. The van der Waals surface area contributed by atoms with E-state index in [1.807, 2.05) is 93.6 Å². The monoisotopic (exact) mass is 502 g/mol. The molecule has 0 aliphatic rings. The van der Waals surface area contributed by atoms with Crippen LogP contribution in [-0.2, 0) is 16.0 Å². The van der Waals surface area contributed by atoms with Gasteiger partial charge in [-0.15, -0.1) is 19.2 Å². The van der Waals surface area contributed by atoms with E-state index in [0.29, 0.717) is 13.0 Å². The SMILES string of the molecule is C/C(S)=C(/C)N(CCc1ccccc1)C(=O)/C=N\NC(=O)CNc1cccc2ccccc12.C=CC. The van der Waals surface area contributed by atoms with Gasteiger partial charge >= 0.3 is 0 Å². The highest BCUT2D eigenvalue weighted by Gasteiger charge is 2.15. The van der Waals surface area contributed by atoms with Gasteiger partial charge < -0.3 is 10.2 Å². The first-order valence-electron chi connectivity index (χ1n) is 11.7. The van der Waals surface area contributed by atoms with E-state index < -0.39 is 0 Å². The number of anilines is 1. The van der Waals surface area contributed by atoms with E-state index in [4.69, 9.17) is 0 Å².